The van der Waals surface area contributed by atoms with Crippen molar-refractivity contribution < 1.29 is 13.2 Å². The maximum absolute atomic E-state index is 12.2. The molecule has 0 aromatic heterocycles. The van der Waals surface area contributed by atoms with Gasteiger partial charge in [0.15, 0.2) is 0 Å². The molecular formula is C14H20N2O3S2. The summed E-state index contributed by atoms with van der Waals surface area (Å²) < 4.78 is 32.5. The van der Waals surface area contributed by atoms with Gasteiger partial charge in [0.1, 0.15) is 0 Å². The van der Waals surface area contributed by atoms with Gasteiger partial charge in [-0.25, -0.2) is 13.1 Å². The largest absolute Gasteiger partial charge is 0.393 e. The normalized spacial score (nSPS) is 19.3. The molecule has 5 nitrogen and oxygen atoms in total. The molecule has 0 amide bonds. The zero-order valence-corrected chi connectivity index (χ0v) is 13.4. The number of nitrogens with one attached hydrogen (secondary N) is 1. The number of benzene rings is 1. The summed E-state index contributed by atoms with van der Waals surface area (Å²) in [5.41, 5.74) is 6.37. The fourth-order valence-corrected chi connectivity index (χ4v) is 3.48. The molecule has 0 radical (unpaired) electrons. The highest BCUT2D eigenvalue weighted by Crippen LogP contribution is 2.14. The highest BCUT2D eigenvalue weighted by atomic mass is 32.2. The van der Waals surface area contributed by atoms with Gasteiger partial charge in [-0.2, -0.15) is 0 Å². The smallest absolute Gasteiger partial charge is 0.240 e. The van der Waals surface area contributed by atoms with E-state index in [-0.39, 0.29) is 11.0 Å². The maximum atomic E-state index is 12.2. The van der Waals surface area contributed by atoms with Crippen molar-refractivity contribution in [1.82, 2.24) is 4.72 Å². The Hall–Kier alpha value is -1.02. The average molecular weight is 328 g/mol. The van der Waals surface area contributed by atoms with Crippen LogP contribution in [-0.4, -0.2) is 32.7 Å². The van der Waals surface area contributed by atoms with Crippen LogP contribution >= 0.6 is 12.2 Å². The second-order valence-electron chi connectivity index (χ2n) is 5.13. The molecule has 2 rings (SSSR count). The fourth-order valence-electron chi connectivity index (χ4n) is 2.24. The standard InChI is InChI=1S/C14H20N2O3S2/c15-14(20)9-11-4-6-13(7-5-11)21(17,18)16-10-12-3-1-2-8-19-12/h4-7,12,16H,1-3,8-10H2,(H2,15,20). The van der Waals surface area contributed by atoms with E-state index >= 15 is 0 Å². The van der Waals surface area contributed by atoms with E-state index in [0.29, 0.717) is 24.6 Å². The van der Waals surface area contributed by atoms with E-state index in [0.717, 1.165) is 24.8 Å². The molecule has 21 heavy (non-hydrogen) atoms. The molecule has 0 saturated carbocycles. The van der Waals surface area contributed by atoms with Crippen molar-refractivity contribution >= 4 is 27.2 Å². The van der Waals surface area contributed by atoms with Gasteiger partial charge in [0.2, 0.25) is 10.0 Å². The van der Waals surface area contributed by atoms with Gasteiger partial charge in [-0.3, -0.25) is 0 Å². The van der Waals surface area contributed by atoms with Crippen LogP contribution < -0.4 is 10.5 Å². The van der Waals surface area contributed by atoms with Crippen LogP contribution in [0.2, 0.25) is 0 Å². The van der Waals surface area contributed by atoms with E-state index in [4.69, 9.17) is 22.7 Å². The van der Waals surface area contributed by atoms with Crippen molar-refractivity contribution in [1.29, 1.82) is 0 Å². The van der Waals surface area contributed by atoms with Gasteiger partial charge in [0.05, 0.1) is 16.0 Å². The van der Waals surface area contributed by atoms with Gasteiger partial charge >= 0.3 is 0 Å². The van der Waals surface area contributed by atoms with Crippen LogP contribution in [-0.2, 0) is 21.2 Å². The van der Waals surface area contributed by atoms with Crippen molar-refractivity contribution in [3.63, 3.8) is 0 Å². The van der Waals surface area contributed by atoms with Gasteiger partial charge in [-0.1, -0.05) is 24.4 Å². The van der Waals surface area contributed by atoms with Crippen LogP contribution in [0.25, 0.3) is 0 Å². The number of hydrogen-bond donors (Lipinski definition) is 2. The van der Waals surface area contributed by atoms with Crippen molar-refractivity contribution in [2.75, 3.05) is 13.2 Å². The molecule has 1 aromatic carbocycles. The first-order valence-electron chi connectivity index (χ1n) is 6.96. The number of ether oxygens (including phenoxy) is 1. The summed E-state index contributed by atoms with van der Waals surface area (Å²) >= 11 is 4.83. The predicted octanol–water partition coefficient (Wildman–Crippen LogP) is 1.36. The lowest BCUT2D eigenvalue weighted by Crippen LogP contribution is -2.35. The average Bonchev–Trinajstić information content (AvgIpc) is 2.46. The molecule has 1 heterocycles. The van der Waals surface area contributed by atoms with E-state index in [1.807, 2.05) is 0 Å². The monoisotopic (exact) mass is 328 g/mol. The Bertz CT molecular complexity index is 579. The first-order valence-corrected chi connectivity index (χ1v) is 8.85. The highest BCUT2D eigenvalue weighted by molar-refractivity contribution is 7.89. The van der Waals surface area contributed by atoms with Gasteiger partial charge in [0.25, 0.3) is 0 Å². The maximum Gasteiger partial charge on any atom is 0.240 e. The minimum atomic E-state index is -3.50. The second kappa shape index (κ2) is 7.31. The van der Waals surface area contributed by atoms with E-state index in [9.17, 15) is 8.42 Å². The fraction of sp³-hybridized carbons (Fsp3) is 0.500. The summed E-state index contributed by atoms with van der Waals surface area (Å²) in [6, 6.07) is 6.59. The second-order valence-corrected chi connectivity index (χ2v) is 7.42. The molecule has 7 heteroatoms. The van der Waals surface area contributed by atoms with Crippen LogP contribution in [0.1, 0.15) is 24.8 Å². The van der Waals surface area contributed by atoms with Crippen molar-refractivity contribution in [2.24, 2.45) is 5.73 Å². The zero-order valence-electron chi connectivity index (χ0n) is 11.7. The summed E-state index contributed by atoms with van der Waals surface area (Å²) in [5.74, 6) is 0. The lowest BCUT2D eigenvalue weighted by molar-refractivity contribution is 0.0200. The molecule has 1 fully saturated rings. The number of rotatable bonds is 6. The van der Waals surface area contributed by atoms with E-state index < -0.39 is 10.0 Å². The third kappa shape index (κ3) is 5.03. The van der Waals surface area contributed by atoms with Gasteiger partial charge < -0.3 is 10.5 Å². The first-order chi connectivity index (χ1) is 9.97. The molecule has 1 saturated heterocycles. The predicted molar refractivity (Wildman–Crippen MR) is 85.7 cm³/mol. The molecule has 1 atom stereocenters. The minimum absolute atomic E-state index is 0.0255. The molecule has 0 aliphatic carbocycles. The van der Waals surface area contributed by atoms with Gasteiger partial charge in [-0.15, -0.1) is 0 Å². The van der Waals surface area contributed by atoms with E-state index in [1.165, 1.54) is 0 Å². The Morgan fingerprint density at radius 1 is 1.33 bits per heavy atom. The topological polar surface area (TPSA) is 81.4 Å². The van der Waals surface area contributed by atoms with Crippen LogP contribution in [0.5, 0.6) is 0 Å². The number of thiocarbonyl (C=S) groups is 1. The Kier molecular flexibility index (Phi) is 5.69. The van der Waals surface area contributed by atoms with Gasteiger partial charge in [-0.05, 0) is 37.0 Å². The molecule has 1 aromatic rings. The van der Waals surface area contributed by atoms with Crippen molar-refractivity contribution in [2.45, 2.75) is 36.7 Å². The zero-order chi connectivity index (χ0) is 15.3. The number of sulfonamides is 1. The molecule has 0 spiro atoms. The summed E-state index contributed by atoms with van der Waals surface area (Å²) in [4.78, 5) is 0.628. The third-order valence-electron chi connectivity index (χ3n) is 3.39. The molecular weight excluding hydrogens is 308 g/mol. The van der Waals surface area contributed by atoms with Gasteiger partial charge in [0, 0.05) is 19.6 Å². The lowest BCUT2D eigenvalue weighted by Gasteiger charge is -2.22. The Labute approximate surface area is 130 Å². The third-order valence-corrected chi connectivity index (χ3v) is 4.97. The van der Waals surface area contributed by atoms with E-state index in [1.54, 1.807) is 24.3 Å². The minimum Gasteiger partial charge on any atom is -0.393 e. The van der Waals surface area contributed by atoms with Crippen LogP contribution in [0.4, 0.5) is 0 Å². The van der Waals surface area contributed by atoms with Crippen molar-refractivity contribution in [3.05, 3.63) is 29.8 Å². The quantitative estimate of drug-likeness (QED) is 0.771. The SMILES string of the molecule is NC(=S)Cc1ccc(S(=O)(=O)NCC2CCCCO2)cc1. The number of hydrogen-bond acceptors (Lipinski definition) is 4. The molecule has 3 N–H and O–H groups in total. The highest BCUT2D eigenvalue weighted by Gasteiger charge is 2.19. The summed E-state index contributed by atoms with van der Waals surface area (Å²) in [7, 11) is -3.50. The number of nitrogens with two attached hydrogens (primary N) is 1. The lowest BCUT2D eigenvalue weighted by atomic mass is 10.1. The summed E-state index contributed by atoms with van der Waals surface area (Å²) in [6.45, 7) is 1.02. The summed E-state index contributed by atoms with van der Waals surface area (Å²) in [5, 5.41) is 0. The molecule has 1 unspecified atom stereocenters. The first kappa shape index (κ1) is 16.4. The Morgan fingerprint density at radius 2 is 2.05 bits per heavy atom. The van der Waals surface area contributed by atoms with Crippen LogP contribution in [0.3, 0.4) is 0 Å². The van der Waals surface area contributed by atoms with E-state index in [2.05, 4.69) is 4.72 Å². The molecule has 0 bridgehead atoms. The molecule has 116 valence electrons. The molecule has 1 aliphatic rings. The Morgan fingerprint density at radius 3 is 2.62 bits per heavy atom. The van der Waals surface area contributed by atoms with Crippen LogP contribution in [0.15, 0.2) is 29.2 Å². The molecule has 1 aliphatic heterocycles. The Balaban J connectivity index is 1.96. The van der Waals surface area contributed by atoms with Crippen LogP contribution in [0, 0.1) is 0 Å². The van der Waals surface area contributed by atoms with Crippen molar-refractivity contribution in [3.8, 4) is 0 Å². The summed E-state index contributed by atoms with van der Waals surface area (Å²) in [6.07, 6.45) is 3.48.